The molecule has 9 heteroatoms. The van der Waals surface area contributed by atoms with E-state index in [2.05, 4.69) is 10.3 Å². The van der Waals surface area contributed by atoms with Gasteiger partial charge in [0, 0.05) is 24.1 Å². The number of halogens is 3. The van der Waals surface area contributed by atoms with Crippen LogP contribution >= 0.6 is 34.5 Å². The maximum atomic E-state index is 13.6. The molecule has 0 bridgehead atoms. The number of anilines is 1. The Morgan fingerprint density at radius 3 is 2.75 bits per heavy atom. The van der Waals surface area contributed by atoms with E-state index in [-0.39, 0.29) is 18.0 Å². The van der Waals surface area contributed by atoms with Crippen molar-refractivity contribution in [2.75, 3.05) is 25.6 Å². The number of carbonyl (C=O) groups excluding carboxylic acids is 1. The molecule has 5 nitrogen and oxygen atoms in total. The fraction of sp³-hybridized carbons (Fsp3) is 0.158. The summed E-state index contributed by atoms with van der Waals surface area (Å²) in [6.45, 7) is 0.632. The minimum Gasteiger partial charge on any atom is -0.489 e. The van der Waals surface area contributed by atoms with Crippen molar-refractivity contribution in [2.45, 2.75) is 0 Å². The van der Waals surface area contributed by atoms with Crippen molar-refractivity contribution in [3.05, 3.63) is 63.3 Å². The zero-order chi connectivity index (χ0) is 20.1. The Hall–Kier alpha value is -2.19. The molecule has 28 heavy (non-hydrogen) atoms. The fourth-order valence-electron chi connectivity index (χ4n) is 2.29. The number of rotatable bonds is 7. The summed E-state index contributed by atoms with van der Waals surface area (Å²) < 4.78 is 24.1. The van der Waals surface area contributed by atoms with Crippen molar-refractivity contribution in [1.82, 2.24) is 4.98 Å². The largest absolute Gasteiger partial charge is 0.489 e. The zero-order valence-electron chi connectivity index (χ0n) is 14.7. The first-order valence-corrected chi connectivity index (χ1v) is 9.75. The van der Waals surface area contributed by atoms with Crippen LogP contribution in [0.3, 0.4) is 0 Å². The van der Waals surface area contributed by atoms with Crippen LogP contribution in [0.25, 0.3) is 10.6 Å². The van der Waals surface area contributed by atoms with Gasteiger partial charge >= 0.3 is 0 Å². The van der Waals surface area contributed by atoms with Gasteiger partial charge in [0.05, 0.1) is 22.3 Å². The third-order valence-electron chi connectivity index (χ3n) is 3.64. The number of amides is 1. The predicted molar refractivity (Wildman–Crippen MR) is 109 cm³/mol. The number of thiazole rings is 1. The molecule has 0 radical (unpaired) electrons. The lowest BCUT2D eigenvalue weighted by molar-refractivity contribution is 0.102. The van der Waals surface area contributed by atoms with Gasteiger partial charge in [0.15, 0.2) is 0 Å². The standard InChI is InChI=1S/C19H15Cl2FN2O3S/c1-26-6-7-27-17-5-3-12(22)9-15(17)23-18(25)16-10-28-19(24-16)11-2-4-13(20)14(21)8-11/h2-5,8-10H,6-7H2,1H3,(H,23,25). The molecule has 1 heterocycles. The lowest BCUT2D eigenvalue weighted by Gasteiger charge is -2.12. The first kappa shape index (κ1) is 20.5. The highest BCUT2D eigenvalue weighted by atomic mass is 35.5. The smallest absolute Gasteiger partial charge is 0.275 e. The van der Waals surface area contributed by atoms with Crippen LogP contribution < -0.4 is 10.1 Å². The van der Waals surface area contributed by atoms with Gasteiger partial charge in [-0.05, 0) is 24.3 Å². The molecule has 146 valence electrons. The highest BCUT2D eigenvalue weighted by molar-refractivity contribution is 7.13. The van der Waals surface area contributed by atoms with E-state index < -0.39 is 11.7 Å². The summed E-state index contributed by atoms with van der Waals surface area (Å²) in [4.78, 5) is 16.9. The van der Waals surface area contributed by atoms with E-state index in [9.17, 15) is 9.18 Å². The van der Waals surface area contributed by atoms with Gasteiger partial charge in [0.25, 0.3) is 5.91 Å². The van der Waals surface area contributed by atoms with Gasteiger partial charge in [-0.15, -0.1) is 11.3 Å². The summed E-state index contributed by atoms with van der Waals surface area (Å²) in [5.41, 5.74) is 1.15. The van der Waals surface area contributed by atoms with Gasteiger partial charge in [-0.2, -0.15) is 0 Å². The van der Waals surface area contributed by atoms with Crippen LogP contribution in [0, 0.1) is 5.82 Å². The van der Waals surface area contributed by atoms with E-state index >= 15 is 0 Å². The topological polar surface area (TPSA) is 60.5 Å². The van der Waals surface area contributed by atoms with E-state index in [0.29, 0.717) is 27.4 Å². The number of hydrogen-bond acceptors (Lipinski definition) is 5. The van der Waals surface area contributed by atoms with E-state index in [4.69, 9.17) is 32.7 Å². The third-order valence-corrected chi connectivity index (χ3v) is 5.27. The average Bonchev–Trinajstić information content (AvgIpc) is 3.16. The number of methoxy groups -OCH3 is 1. The number of nitrogens with zero attached hydrogens (tertiary/aromatic N) is 1. The van der Waals surface area contributed by atoms with Crippen LogP contribution in [0.1, 0.15) is 10.5 Å². The third kappa shape index (κ3) is 4.99. The maximum absolute atomic E-state index is 13.6. The minimum atomic E-state index is -0.496. The highest BCUT2D eigenvalue weighted by Gasteiger charge is 2.15. The van der Waals surface area contributed by atoms with E-state index in [1.54, 1.807) is 30.7 Å². The fourth-order valence-corrected chi connectivity index (χ4v) is 3.38. The summed E-state index contributed by atoms with van der Waals surface area (Å²) in [6.07, 6.45) is 0. The van der Waals surface area contributed by atoms with Gasteiger partial charge < -0.3 is 14.8 Å². The summed E-state index contributed by atoms with van der Waals surface area (Å²) in [7, 11) is 1.55. The van der Waals surface area contributed by atoms with Gasteiger partial charge in [0.1, 0.15) is 28.9 Å². The number of benzene rings is 2. The predicted octanol–water partition coefficient (Wildman–Crippen LogP) is 5.53. The van der Waals surface area contributed by atoms with E-state index in [0.717, 1.165) is 5.56 Å². The van der Waals surface area contributed by atoms with E-state index in [1.807, 2.05) is 0 Å². The molecule has 0 atom stereocenters. The molecule has 0 spiro atoms. The number of nitrogens with one attached hydrogen (secondary N) is 1. The average molecular weight is 441 g/mol. The molecule has 1 amide bonds. The zero-order valence-corrected chi connectivity index (χ0v) is 17.0. The normalized spacial score (nSPS) is 10.7. The van der Waals surface area contributed by atoms with E-state index in [1.165, 1.54) is 29.5 Å². The molecule has 1 N–H and O–H groups in total. The summed E-state index contributed by atoms with van der Waals surface area (Å²) >= 11 is 13.2. The summed E-state index contributed by atoms with van der Waals surface area (Å²) in [5.74, 6) is -0.638. The Morgan fingerprint density at radius 1 is 1.18 bits per heavy atom. The summed E-state index contributed by atoms with van der Waals surface area (Å²) in [6, 6.07) is 9.00. The minimum absolute atomic E-state index is 0.193. The van der Waals surface area contributed by atoms with Gasteiger partial charge in [-0.3, -0.25) is 4.79 Å². The molecule has 3 aromatic rings. The Bertz CT molecular complexity index is 997. The molecule has 0 unspecified atom stereocenters. The number of hydrogen-bond donors (Lipinski definition) is 1. The van der Waals surface area contributed by atoms with Crippen LogP contribution in [-0.2, 0) is 4.74 Å². The van der Waals surface area contributed by atoms with Crippen molar-refractivity contribution in [1.29, 1.82) is 0 Å². The maximum Gasteiger partial charge on any atom is 0.275 e. The molecule has 1 aromatic heterocycles. The lowest BCUT2D eigenvalue weighted by atomic mass is 10.2. The quantitative estimate of drug-likeness (QED) is 0.490. The Labute approximate surface area is 175 Å². The van der Waals surface area contributed by atoms with Crippen LogP contribution in [0.2, 0.25) is 10.0 Å². The molecular formula is C19H15Cl2FN2O3S. The van der Waals surface area contributed by atoms with Crippen LogP contribution in [0.4, 0.5) is 10.1 Å². The van der Waals surface area contributed by atoms with Gasteiger partial charge in [-0.1, -0.05) is 29.3 Å². The monoisotopic (exact) mass is 440 g/mol. The second kappa shape index (κ2) is 9.34. The molecule has 3 rings (SSSR count). The molecule has 0 aliphatic rings. The molecule has 0 aliphatic carbocycles. The van der Waals surface area contributed by atoms with Crippen molar-refractivity contribution in [3.8, 4) is 16.3 Å². The van der Waals surface area contributed by atoms with Crippen molar-refractivity contribution in [3.63, 3.8) is 0 Å². The SMILES string of the molecule is COCCOc1ccc(F)cc1NC(=O)c1csc(-c2ccc(Cl)c(Cl)c2)n1. The first-order valence-electron chi connectivity index (χ1n) is 8.11. The summed E-state index contributed by atoms with van der Waals surface area (Å²) in [5, 5.41) is 5.69. The van der Waals surface area contributed by atoms with Crippen molar-refractivity contribution >= 4 is 46.1 Å². The van der Waals surface area contributed by atoms with Crippen LogP contribution in [0.5, 0.6) is 5.75 Å². The molecule has 0 fully saturated rings. The Morgan fingerprint density at radius 2 is 2.00 bits per heavy atom. The second-order valence-corrected chi connectivity index (χ2v) is 7.28. The number of aromatic nitrogens is 1. The molecule has 0 saturated heterocycles. The molecule has 2 aromatic carbocycles. The van der Waals surface area contributed by atoms with Gasteiger partial charge in [-0.25, -0.2) is 9.37 Å². The Kier molecular flexibility index (Phi) is 6.85. The lowest BCUT2D eigenvalue weighted by Crippen LogP contribution is -2.14. The molecular weight excluding hydrogens is 426 g/mol. The molecule has 0 aliphatic heterocycles. The van der Waals surface area contributed by atoms with Gasteiger partial charge in [0.2, 0.25) is 0 Å². The molecule has 0 saturated carbocycles. The van der Waals surface area contributed by atoms with Crippen LogP contribution in [-0.4, -0.2) is 31.2 Å². The van der Waals surface area contributed by atoms with Crippen LogP contribution in [0.15, 0.2) is 41.8 Å². The van der Waals surface area contributed by atoms with Crippen molar-refractivity contribution in [2.24, 2.45) is 0 Å². The van der Waals surface area contributed by atoms with Crippen molar-refractivity contribution < 1.29 is 18.7 Å². The highest BCUT2D eigenvalue weighted by Crippen LogP contribution is 2.31. The number of ether oxygens (including phenoxy) is 2. The number of carbonyl (C=O) groups is 1. The second-order valence-electron chi connectivity index (χ2n) is 5.60. The first-order chi connectivity index (χ1) is 13.5. The Balaban J connectivity index is 1.77.